The molecule has 1 aromatic rings. The molecule has 0 amide bonds. The van der Waals surface area contributed by atoms with E-state index in [1.165, 1.54) is 0 Å². The predicted molar refractivity (Wildman–Crippen MR) is 87.0 cm³/mol. The molecule has 0 atom stereocenters. The smallest absolute Gasteiger partial charge is 0.0587 e. The first-order chi connectivity index (χ1) is 10.1. The van der Waals surface area contributed by atoms with E-state index in [0.29, 0.717) is 12.5 Å². The van der Waals surface area contributed by atoms with Crippen LogP contribution in [-0.4, -0.2) is 45.1 Å². The minimum Gasteiger partial charge on any atom is -0.393 e. The van der Waals surface area contributed by atoms with Gasteiger partial charge in [0.15, 0.2) is 0 Å². The molecule has 0 unspecified atom stereocenters. The van der Waals surface area contributed by atoms with Gasteiger partial charge in [-0.05, 0) is 30.9 Å². The summed E-state index contributed by atoms with van der Waals surface area (Å²) in [7, 11) is 3.79. The zero-order valence-electron chi connectivity index (χ0n) is 12.8. The molecule has 1 saturated carbocycles. The summed E-state index contributed by atoms with van der Waals surface area (Å²) in [6.07, 6.45) is 1.72. The molecule has 5 heteroatoms. The topological polar surface area (TPSA) is 44.7 Å². The molecule has 1 aromatic carbocycles. The lowest BCUT2D eigenvalue weighted by molar-refractivity contribution is 0.0464. The van der Waals surface area contributed by atoms with Gasteiger partial charge in [0.1, 0.15) is 0 Å². The predicted octanol–water partition coefficient (Wildman–Crippen LogP) is 2.28. The maximum absolute atomic E-state index is 9.41. The molecule has 1 fully saturated rings. The molecule has 2 rings (SSSR count). The van der Waals surface area contributed by atoms with Crippen LogP contribution in [0.15, 0.2) is 18.2 Å². The number of benzene rings is 1. The standard InChI is InChI=1S/C16H25ClN2O2/c1-19(11-12-8-13(20)9-12)16-5-3-4-15(17)14(16)10-18-6-7-21-2/h3-5,12-13,18,20H,6-11H2,1-2H3. The van der Waals surface area contributed by atoms with Gasteiger partial charge in [0.25, 0.3) is 0 Å². The number of nitrogens with zero attached hydrogens (tertiary/aromatic N) is 1. The van der Waals surface area contributed by atoms with Crippen molar-refractivity contribution in [3.05, 3.63) is 28.8 Å². The van der Waals surface area contributed by atoms with Crippen molar-refractivity contribution in [2.75, 3.05) is 38.8 Å². The van der Waals surface area contributed by atoms with E-state index in [4.69, 9.17) is 16.3 Å². The summed E-state index contributed by atoms with van der Waals surface area (Å²) in [5.41, 5.74) is 2.28. The van der Waals surface area contributed by atoms with E-state index in [1.807, 2.05) is 12.1 Å². The SMILES string of the molecule is COCCNCc1c(Cl)cccc1N(C)CC1CC(O)C1. The van der Waals surface area contributed by atoms with Crippen LogP contribution in [0, 0.1) is 5.92 Å². The number of ether oxygens (including phenoxy) is 1. The summed E-state index contributed by atoms with van der Waals surface area (Å²) in [4.78, 5) is 2.25. The highest BCUT2D eigenvalue weighted by molar-refractivity contribution is 6.31. The Labute approximate surface area is 132 Å². The highest BCUT2D eigenvalue weighted by Crippen LogP contribution is 2.32. The first-order valence-electron chi connectivity index (χ1n) is 7.48. The Morgan fingerprint density at radius 1 is 1.43 bits per heavy atom. The Hall–Kier alpha value is -0.810. The monoisotopic (exact) mass is 312 g/mol. The van der Waals surface area contributed by atoms with E-state index in [0.717, 1.165) is 48.7 Å². The van der Waals surface area contributed by atoms with Gasteiger partial charge in [-0.25, -0.2) is 0 Å². The van der Waals surface area contributed by atoms with Crippen LogP contribution in [0.25, 0.3) is 0 Å². The molecule has 0 aliphatic heterocycles. The molecule has 2 N–H and O–H groups in total. The van der Waals surface area contributed by atoms with Crippen LogP contribution < -0.4 is 10.2 Å². The number of rotatable bonds is 8. The maximum atomic E-state index is 9.41. The number of anilines is 1. The first kappa shape index (κ1) is 16.6. The number of methoxy groups -OCH3 is 1. The van der Waals surface area contributed by atoms with E-state index in [1.54, 1.807) is 7.11 Å². The highest BCUT2D eigenvalue weighted by Gasteiger charge is 2.28. The quantitative estimate of drug-likeness (QED) is 0.723. The Balaban J connectivity index is 1.98. The number of nitrogens with one attached hydrogen (secondary N) is 1. The van der Waals surface area contributed by atoms with Crippen molar-refractivity contribution in [3.63, 3.8) is 0 Å². The largest absolute Gasteiger partial charge is 0.393 e. The maximum Gasteiger partial charge on any atom is 0.0587 e. The fourth-order valence-corrected chi connectivity index (χ4v) is 3.04. The van der Waals surface area contributed by atoms with Crippen molar-refractivity contribution in [1.82, 2.24) is 5.32 Å². The minimum absolute atomic E-state index is 0.0991. The fraction of sp³-hybridized carbons (Fsp3) is 0.625. The Kier molecular flexibility index (Phi) is 6.30. The zero-order chi connectivity index (χ0) is 15.2. The van der Waals surface area contributed by atoms with Crippen molar-refractivity contribution in [2.24, 2.45) is 5.92 Å². The van der Waals surface area contributed by atoms with Gasteiger partial charge in [0.2, 0.25) is 0 Å². The molecule has 1 aliphatic carbocycles. The second-order valence-corrected chi connectivity index (χ2v) is 6.19. The molecule has 0 aromatic heterocycles. The normalized spacial score (nSPS) is 21.1. The van der Waals surface area contributed by atoms with Gasteiger partial charge in [0, 0.05) is 50.1 Å². The van der Waals surface area contributed by atoms with Gasteiger partial charge in [-0.3, -0.25) is 0 Å². The number of aliphatic hydroxyl groups is 1. The van der Waals surface area contributed by atoms with E-state index in [2.05, 4.69) is 23.3 Å². The number of halogens is 1. The summed E-state index contributed by atoms with van der Waals surface area (Å²) in [5, 5.41) is 13.5. The lowest BCUT2D eigenvalue weighted by Crippen LogP contribution is -2.37. The molecule has 0 heterocycles. The lowest BCUT2D eigenvalue weighted by Gasteiger charge is -2.36. The molecular formula is C16H25ClN2O2. The van der Waals surface area contributed by atoms with E-state index in [-0.39, 0.29) is 6.10 Å². The van der Waals surface area contributed by atoms with Crippen molar-refractivity contribution < 1.29 is 9.84 Å². The van der Waals surface area contributed by atoms with Crippen LogP contribution in [0.1, 0.15) is 18.4 Å². The van der Waals surface area contributed by atoms with E-state index >= 15 is 0 Å². The molecule has 0 spiro atoms. The molecule has 0 bridgehead atoms. The summed E-state index contributed by atoms with van der Waals surface area (Å²) >= 11 is 6.36. The summed E-state index contributed by atoms with van der Waals surface area (Å²) in [6.45, 7) is 3.19. The van der Waals surface area contributed by atoms with Gasteiger partial charge in [-0.15, -0.1) is 0 Å². The van der Waals surface area contributed by atoms with Gasteiger partial charge >= 0.3 is 0 Å². The zero-order valence-corrected chi connectivity index (χ0v) is 13.6. The van der Waals surface area contributed by atoms with Crippen LogP contribution in [0.3, 0.4) is 0 Å². The lowest BCUT2D eigenvalue weighted by atomic mass is 9.82. The third-order valence-corrected chi connectivity index (χ3v) is 4.39. The van der Waals surface area contributed by atoms with Crippen LogP contribution in [-0.2, 0) is 11.3 Å². The Morgan fingerprint density at radius 3 is 2.86 bits per heavy atom. The molecule has 0 radical (unpaired) electrons. The number of aliphatic hydroxyl groups excluding tert-OH is 1. The summed E-state index contributed by atoms with van der Waals surface area (Å²) in [5.74, 6) is 0.582. The molecule has 118 valence electrons. The second kappa shape index (κ2) is 7.99. The first-order valence-corrected chi connectivity index (χ1v) is 7.86. The minimum atomic E-state index is -0.0991. The van der Waals surface area contributed by atoms with Gasteiger partial charge < -0.3 is 20.1 Å². The van der Waals surface area contributed by atoms with Crippen LogP contribution >= 0.6 is 11.6 Å². The van der Waals surface area contributed by atoms with Crippen LogP contribution in [0.5, 0.6) is 0 Å². The van der Waals surface area contributed by atoms with Crippen molar-refractivity contribution in [1.29, 1.82) is 0 Å². The molecular weight excluding hydrogens is 288 g/mol. The Morgan fingerprint density at radius 2 is 2.19 bits per heavy atom. The van der Waals surface area contributed by atoms with Crippen LogP contribution in [0.4, 0.5) is 5.69 Å². The highest BCUT2D eigenvalue weighted by atomic mass is 35.5. The number of hydrogen-bond acceptors (Lipinski definition) is 4. The van der Waals surface area contributed by atoms with Crippen molar-refractivity contribution in [3.8, 4) is 0 Å². The van der Waals surface area contributed by atoms with E-state index in [9.17, 15) is 5.11 Å². The fourth-order valence-electron chi connectivity index (χ4n) is 2.80. The van der Waals surface area contributed by atoms with Gasteiger partial charge in [-0.1, -0.05) is 17.7 Å². The van der Waals surface area contributed by atoms with Gasteiger partial charge in [-0.2, -0.15) is 0 Å². The second-order valence-electron chi connectivity index (χ2n) is 5.78. The Bertz CT molecular complexity index is 450. The summed E-state index contributed by atoms with van der Waals surface area (Å²) in [6, 6.07) is 6.02. The third kappa shape index (κ3) is 4.58. The average molecular weight is 313 g/mol. The molecule has 4 nitrogen and oxygen atoms in total. The number of hydrogen-bond donors (Lipinski definition) is 2. The van der Waals surface area contributed by atoms with Crippen molar-refractivity contribution in [2.45, 2.75) is 25.5 Å². The van der Waals surface area contributed by atoms with Gasteiger partial charge in [0.05, 0.1) is 12.7 Å². The van der Waals surface area contributed by atoms with Crippen molar-refractivity contribution >= 4 is 17.3 Å². The molecule has 0 saturated heterocycles. The molecule has 1 aliphatic rings. The molecule has 21 heavy (non-hydrogen) atoms. The summed E-state index contributed by atoms with van der Waals surface area (Å²) < 4.78 is 5.04. The van der Waals surface area contributed by atoms with E-state index < -0.39 is 0 Å². The average Bonchev–Trinajstić information content (AvgIpc) is 2.43. The van der Waals surface area contributed by atoms with Crippen LogP contribution in [0.2, 0.25) is 5.02 Å². The third-order valence-electron chi connectivity index (χ3n) is 4.03.